The Labute approximate surface area is 116 Å². The molecule has 0 saturated carbocycles. The summed E-state index contributed by atoms with van der Waals surface area (Å²) in [7, 11) is 0. The average molecular weight is 318 g/mol. The third kappa shape index (κ3) is 5.82. The van der Waals surface area contributed by atoms with E-state index in [0.29, 0.717) is 19.8 Å². The fraction of sp³-hybridized carbons (Fsp3) is 0.538. The number of hydrogen-bond donors (Lipinski definition) is 2. The first-order valence-electron chi connectivity index (χ1n) is 6.08. The van der Waals surface area contributed by atoms with Crippen molar-refractivity contribution in [2.24, 2.45) is 0 Å². The minimum Gasteiger partial charge on any atom is -0.493 e. The fourth-order valence-electron chi connectivity index (χ4n) is 1.47. The zero-order valence-electron chi connectivity index (χ0n) is 10.6. The van der Waals surface area contributed by atoms with E-state index in [4.69, 9.17) is 14.6 Å². The average Bonchev–Trinajstić information content (AvgIpc) is 2.37. The minimum atomic E-state index is 0.0752. The standard InChI is InChI=1S/C13H20BrNO3/c1-2-18-13-4-3-11(9-12(13)14)10-15-5-7-17-8-6-16/h3-4,9,15-16H,2,5-8,10H2,1H3. The molecule has 5 heteroatoms. The SMILES string of the molecule is CCOc1ccc(CNCCOCCO)cc1Br. The van der Waals surface area contributed by atoms with E-state index < -0.39 is 0 Å². The van der Waals surface area contributed by atoms with Crippen molar-refractivity contribution in [1.82, 2.24) is 5.32 Å². The Morgan fingerprint density at radius 3 is 2.83 bits per heavy atom. The van der Waals surface area contributed by atoms with Gasteiger partial charge in [0.25, 0.3) is 0 Å². The smallest absolute Gasteiger partial charge is 0.133 e. The molecule has 1 aromatic rings. The van der Waals surface area contributed by atoms with Crippen molar-refractivity contribution < 1.29 is 14.6 Å². The van der Waals surface area contributed by atoms with Gasteiger partial charge < -0.3 is 19.9 Å². The molecule has 0 amide bonds. The first-order valence-corrected chi connectivity index (χ1v) is 6.87. The van der Waals surface area contributed by atoms with Gasteiger partial charge in [0.1, 0.15) is 5.75 Å². The third-order valence-corrected chi connectivity index (χ3v) is 2.90. The van der Waals surface area contributed by atoms with Gasteiger partial charge in [0, 0.05) is 13.1 Å². The summed E-state index contributed by atoms with van der Waals surface area (Å²) in [6.45, 7) is 5.27. The van der Waals surface area contributed by atoms with Crippen LogP contribution in [0.3, 0.4) is 0 Å². The Bertz CT molecular complexity index is 347. The summed E-state index contributed by atoms with van der Waals surface area (Å²) >= 11 is 3.49. The summed E-state index contributed by atoms with van der Waals surface area (Å²) < 4.78 is 11.6. The van der Waals surface area contributed by atoms with Crippen LogP contribution in [0.25, 0.3) is 0 Å². The Hall–Kier alpha value is -0.620. The number of benzene rings is 1. The van der Waals surface area contributed by atoms with Gasteiger partial charge in [-0.05, 0) is 40.5 Å². The maximum Gasteiger partial charge on any atom is 0.133 e. The number of halogens is 1. The van der Waals surface area contributed by atoms with Crippen LogP contribution in [0.5, 0.6) is 5.75 Å². The van der Waals surface area contributed by atoms with Crippen LogP contribution in [-0.2, 0) is 11.3 Å². The minimum absolute atomic E-state index is 0.0752. The molecule has 0 heterocycles. The molecule has 0 aliphatic heterocycles. The van der Waals surface area contributed by atoms with Crippen LogP contribution in [0, 0.1) is 0 Å². The van der Waals surface area contributed by atoms with Gasteiger partial charge >= 0.3 is 0 Å². The highest BCUT2D eigenvalue weighted by molar-refractivity contribution is 9.10. The number of ether oxygens (including phenoxy) is 2. The van der Waals surface area contributed by atoms with E-state index in [1.807, 2.05) is 25.1 Å². The van der Waals surface area contributed by atoms with Gasteiger partial charge in [-0.15, -0.1) is 0 Å². The molecule has 0 aromatic heterocycles. The summed E-state index contributed by atoms with van der Waals surface area (Å²) in [5, 5.41) is 11.8. The molecule has 4 nitrogen and oxygen atoms in total. The van der Waals surface area contributed by atoms with Gasteiger partial charge in [0.05, 0.1) is 30.9 Å². The predicted molar refractivity (Wildman–Crippen MR) is 74.9 cm³/mol. The lowest BCUT2D eigenvalue weighted by Crippen LogP contribution is -2.20. The molecule has 0 aliphatic rings. The van der Waals surface area contributed by atoms with E-state index in [-0.39, 0.29) is 6.61 Å². The predicted octanol–water partition coefficient (Wildman–Crippen LogP) is 1.95. The second-order valence-electron chi connectivity index (χ2n) is 3.71. The van der Waals surface area contributed by atoms with Crippen LogP contribution in [0.4, 0.5) is 0 Å². The molecule has 2 N–H and O–H groups in total. The molecule has 102 valence electrons. The summed E-state index contributed by atoms with van der Waals surface area (Å²) in [5.74, 6) is 0.868. The quantitative estimate of drug-likeness (QED) is 0.683. The fourth-order valence-corrected chi connectivity index (χ4v) is 2.01. The number of nitrogens with one attached hydrogen (secondary N) is 1. The van der Waals surface area contributed by atoms with Gasteiger partial charge in [-0.2, -0.15) is 0 Å². The van der Waals surface area contributed by atoms with Crippen molar-refractivity contribution in [1.29, 1.82) is 0 Å². The first kappa shape index (κ1) is 15.4. The summed E-state index contributed by atoms with van der Waals surface area (Å²) in [6.07, 6.45) is 0. The van der Waals surface area contributed by atoms with Gasteiger partial charge in [0.2, 0.25) is 0 Å². The summed E-state index contributed by atoms with van der Waals surface area (Å²) in [5.41, 5.74) is 1.19. The molecular weight excluding hydrogens is 298 g/mol. The highest BCUT2D eigenvalue weighted by atomic mass is 79.9. The van der Waals surface area contributed by atoms with Crippen LogP contribution in [0.15, 0.2) is 22.7 Å². The molecule has 0 saturated heterocycles. The first-order chi connectivity index (χ1) is 8.77. The Kier molecular flexibility index (Phi) is 8.00. The molecule has 1 aromatic carbocycles. The maximum atomic E-state index is 8.54. The van der Waals surface area contributed by atoms with Crippen molar-refractivity contribution in [3.63, 3.8) is 0 Å². The number of aliphatic hydroxyl groups is 1. The normalized spacial score (nSPS) is 10.6. The number of hydrogen-bond acceptors (Lipinski definition) is 4. The zero-order chi connectivity index (χ0) is 13.2. The molecule has 0 unspecified atom stereocenters. The van der Waals surface area contributed by atoms with E-state index in [9.17, 15) is 0 Å². The lowest BCUT2D eigenvalue weighted by molar-refractivity contribution is 0.0938. The van der Waals surface area contributed by atoms with Crippen molar-refractivity contribution in [2.45, 2.75) is 13.5 Å². The Morgan fingerprint density at radius 1 is 1.33 bits per heavy atom. The van der Waals surface area contributed by atoms with Crippen LogP contribution in [0.2, 0.25) is 0 Å². The molecule has 0 atom stereocenters. The third-order valence-electron chi connectivity index (χ3n) is 2.28. The van der Waals surface area contributed by atoms with Gasteiger partial charge in [-0.1, -0.05) is 6.07 Å². The van der Waals surface area contributed by atoms with Crippen molar-refractivity contribution in [3.8, 4) is 5.75 Å². The van der Waals surface area contributed by atoms with Crippen LogP contribution in [0.1, 0.15) is 12.5 Å². The molecule has 18 heavy (non-hydrogen) atoms. The van der Waals surface area contributed by atoms with Crippen LogP contribution in [-0.4, -0.2) is 38.1 Å². The van der Waals surface area contributed by atoms with Crippen molar-refractivity contribution >= 4 is 15.9 Å². The highest BCUT2D eigenvalue weighted by Crippen LogP contribution is 2.25. The summed E-state index contributed by atoms with van der Waals surface area (Å²) in [4.78, 5) is 0. The topological polar surface area (TPSA) is 50.7 Å². The Morgan fingerprint density at radius 2 is 2.17 bits per heavy atom. The molecule has 0 radical (unpaired) electrons. The van der Waals surface area contributed by atoms with Gasteiger partial charge in [0.15, 0.2) is 0 Å². The molecule has 0 fully saturated rings. The van der Waals surface area contributed by atoms with Gasteiger partial charge in [-0.25, -0.2) is 0 Å². The largest absolute Gasteiger partial charge is 0.493 e. The monoisotopic (exact) mass is 317 g/mol. The van der Waals surface area contributed by atoms with Crippen molar-refractivity contribution in [3.05, 3.63) is 28.2 Å². The second kappa shape index (κ2) is 9.33. The van der Waals surface area contributed by atoms with E-state index in [1.165, 1.54) is 5.56 Å². The van der Waals surface area contributed by atoms with Crippen LogP contribution < -0.4 is 10.1 Å². The number of aliphatic hydroxyl groups excluding tert-OH is 1. The van der Waals surface area contributed by atoms with E-state index in [1.54, 1.807) is 0 Å². The lowest BCUT2D eigenvalue weighted by Gasteiger charge is -2.09. The van der Waals surface area contributed by atoms with E-state index in [2.05, 4.69) is 21.2 Å². The van der Waals surface area contributed by atoms with E-state index >= 15 is 0 Å². The maximum absolute atomic E-state index is 8.54. The van der Waals surface area contributed by atoms with E-state index in [0.717, 1.165) is 23.3 Å². The molecule has 0 aliphatic carbocycles. The lowest BCUT2D eigenvalue weighted by atomic mass is 10.2. The molecule has 0 bridgehead atoms. The zero-order valence-corrected chi connectivity index (χ0v) is 12.2. The van der Waals surface area contributed by atoms with Gasteiger partial charge in [-0.3, -0.25) is 0 Å². The molecule has 0 spiro atoms. The summed E-state index contributed by atoms with van der Waals surface area (Å²) in [6, 6.07) is 6.05. The highest BCUT2D eigenvalue weighted by Gasteiger charge is 2.01. The molecular formula is C13H20BrNO3. The Balaban J connectivity index is 2.28. The second-order valence-corrected chi connectivity index (χ2v) is 4.56. The number of rotatable bonds is 9. The molecule has 1 rings (SSSR count). The van der Waals surface area contributed by atoms with Crippen molar-refractivity contribution in [2.75, 3.05) is 33.0 Å². The van der Waals surface area contributed by atoms with Crippen LogP contribution >= 0.6 is 15.9 Å².